The number of carboxylic acid groups (broad SMARTS) is 1. The average Bonchev–Trinajstić information content (AvgIpc) is 3.00. The van der Waals surface area contributed by atoms with Crippen LogP contribution in [0.2, 0.25) is 0 Å². The number of aliphatic carboxylic acids is 1. The van der Waals surface area contributed by atoms with Crippen molar-refractivity contribution >= 4 is 12.0 Å². The Kier molecular flexibility index (Phi) is 6.67. The van der Waals surface area contributed by atoms with E-state index in [0.29, 0.717) is 19.5 Å². The highest BCUT2D eigenvalue weighted by Gasteiger charge is 2.42. The molecule has 1 fully saturated rings. The summed E-state index contributed by atoms with van der Waals surface area (Å²) in [5.74, 6) is 0.0234. The van der Waals surface area contributed by atoms with Gasteiger partial charge < -0.3 is 20.1 Å². The number of amides is 2. The van der Waals surface area contributed by atoms with Gasteiger partial charge in [-0.15, -0.1) is 0 Å². The summed E-state index contributed by atoms with van der Waals surface area (Å²) in [6.45, 7) is 5.82. The van der Waals surface area contributed by atoms with E-state index in [2.05, 4.69) is 12.2 Å². The van der Waals surface area contributed by atoms with Crippen LogP contribution < -0.4 is 10.1 Å². The zero-order valence-electron chi connectivity index (χ0n) is 15.1. The van der Waals surface area contributed by atoms with Gasteiger partial charge in [0.25, 0.3) is 0 Å². The molecule has 1 aromatic carbocycles. The van der Waals surface area contributed by atoms with Gasteiger partial charge in [-0.1, -0.05) is 25.5 Å². The lowest BCUT2D eigenvalue weighted by Gasteiger charge is -2.20. The number of ether oxygens (including phenoxy) is 1. The zero-order chi connectivity index (χ0) is 18.3. The Morgan fingerprint density at radius 1 is 1.32 bits per heavy atom. The summed E-state index contributed by atoms with van der Waals surface area (Å²) in [7, 11) is 0. The molecule has 0 saturated carbocycles. The van der Waals surface area contributed by atoms with Gasteiger partial charge in [0.15, 0.2) is 0 Å². The molecule has 0 radical (unpaired) electrons. The molecular weight excluding hydrogens is 320 g/mol. The number of carbonyl (C=O) groups excluding carboxylic acids is 1. The maximum Gasteiger partial charge on any atom is 0.317 e. The van der Waals surface area contributed by atoms with Crippen molar-refractivity contribution in [1.29, 1.82) is 0 Å². The predicted octanol–water partition coefficient (Wildman–Crippen LogP) is 2.91. The number of nitrogens with zero attached hydrogens (tertiary/aromatic N) is 1. The summed E-state index contributed by atoms with van der Waals surface area (Å²) in [5.41, 5.74) is 0.297. The molecule has 2 amide bonds. The van der Waals surface area contributed by atoms with Gasteiger partial charge in [-0.2, -0.15) is 0 Å². The fourth-order valence-electron chi connectivity index (χ4n) is 2.82. The van der Waals surface area contributed by atoms with Crippen LogP contribution >= 0.6 is 0 Å². The van der Waals surface area contributed by atoms with Gasteiger partial charge in [0.05, 0.1) is 12.0 Å². The lowest BCUT2D eigenvalue weighted by molar-refractivity contribution is -0.146. The van der Waals surface area contributed by atoms with Gasteiger partial charge in [0.1, 0.15) is 5.75 Å². The third-order valence-corrected chi connectivity index (χ3v) is 4.66. The Balaban J connectivity index is 1.72. The van der Waals surface area contributed by atoms with Crippen LogP contribution in [0.3, 0.4) is 0 Å². The molecule has 1 saturated heterocycles. The van der Waals surface area contributed by atoms with Crippen molar-refractivity contribution < 1.29 is 19.4 Å². The van der Waals surface area contributed by atoms with Gasteiger partial charge in [0, 0.05) is 19.6 Å². The summed E-state index contributed by atoms with van der Waals surface area (Å²) in [5, 5.41) is 12.1. The Morgan fingerprint density at radius 2 is 2.04 bits per heavy atom. The topological polar surface area (TPSA) is 78.9 Å². The van der Waals surface area contributed by atoms with Gasteiger partial charge in [-0.05, 0) is 43.9 Å². The number of likely N-dealkylation sites (tertiary alicyclic amines) is 1. The molecule has 1 aliphatic rings. The smallest absolute Gasteiger partial charge is 0.317 e. The SMILES string of the molecule is CCCCOc1ccc(CCNC(=O)N2CCC(C)(C(=O)O)C2)cc1. The molecule has 2 N–H and O–H groups in total. The molecule has 1 aromatic rings. The van der Waals surface area contributed by atoms with E-state index in [0.717, 1.165) is 37.2 Å². The molecule has 6 nitrogen and oxygen atoms in total. The van der Waals surface area contributed by atoms with Crippen molar-refractivity contribution in [2.45, 2.75) is 39.5 Å². The molecule has 1 aliphatic heterocycles. The molecule has 0 spiro atoms. The van der Waals surface area contributed by atoms with Crippen LogP contribution in [-0.4, -0.2) is 48.2 Å². The molecule has 0 bridgehead atoms. The van der Waals surface area contributed by atoms with E-state index in [1.165, 1.54) is 0 Å². The molecular formula is C19H28N2O4. The fraction of sp³-hybridized carbons (Fsp3) is 0.579. The highest BCUT2D eigenvalue weighted by molar-refractivity contribution is 5.79. The number of nitrogens with one attached hydrogen (secondary N) is 1. The Bertz CT molecular complexity index is 588. The first kappa shape index (κ1) is 19.1. The first-order valence-electron chi connectivity index (χ1n) is 8.92. The van der Waals surface area contributed by atoms with E-state index in [4.69, 9.17) is 4.74 Å². The highest BCUT2D eigenvalue weighted by Crippen LogP contribution is 2.29. The van der Waals surface area contributed by atoms with Gasteiger partial charge in [-0.25, -0.2) is 4.79 Å². The molecule has 1 unspecified atom stereocenters. The normalized spacial score (nSPS) is 19.7. The number of rotatable bonds is 8. The number of carboxylic acids is 1. The molecule has 6 heteroatoms. The number of urea groups is 1. The van der Waals surface area contributed by atoms with Gasteiger partial charge in [-0.3, -0.25) is 4.79 Å². The quantitative estimate of drug-likeness (QED) is 0.708. The van der Waals surface area contributed by atoms with Crippen molar-refractivity contribution in [1.82, 2.24) is 10.2 Å². The Labute approximate surface area is 149 Å². The second-order valence-corrected chi connectivity index (χ2v) is 6.87. The average molecular weight is 348 g/mol. The van der Waals surface area contributed by atoms with E-state index >= 15 is 0 Å². The summed E-state index contributed by atoms with van der Waals surface area (Å²) >= 11 is 0. The highest BCUT2D eigenvalue weighted by atomic mass is 16.5. The minimum absolute atomic E-state index is 0.190. The predicted molar refractivity (Wildman–Crippen MR) is 95.9 cm³/mol. The maximum absolute atomic E-state index is 12.1. The zero-order valence-corrected chi connectivity index (χ0v) is 15.1. The summed E-state index contributed by atoms with van der Waals surface area (Å²) in [6.07, 6.45) is 3.38. The number of hydrogen-bond acceptors (Lipinski definition) is 3. The van der Waals surface area contributed by atoms with E-state index in [-0.39, 0.29) is 12.6 Å². The van der Waals surface area contributed by atoms with Crippen LogP contribution in [-0.2, 0) is 11.2 Å². The first-order chi connectivity index (χ1) is 11.9. The second-order valence-electron chi connectivity index (χ2n) is 6.87. The summed E-state index contributed by atoms with van der Waals surface area (Å²) in [4.78, 5) is 25.0. The number of unbranched alkanes of at least 4 members (excludes halogenated alkanes) is 1. The van der Waals surface area contributed by atoms with Crippen molar-refractivity contribution in [3.05, 3.63) is 29.8 Å². The monoisotopic (exact) mass is 348 g/mol. The lowest BCUT2D eigenvalue weighted by atomic mass is 9.90. The van der Waals surface area contributed by atoms with Crippen LogP contribution in [0.5, 0.6) is 5.75 Å². The van der Waals surface area contributed by atoms with Gasteiger partial charge >= 0.3 is 12.0 Å². The number of hydrogen-bond donors (Lipinski definition) is 2. The van der Waals surface area contributed by atoms with Crippen molar-refractivity contribution in [3.63, 3.8) is 0 Å². The van der Waals surface area contributed by atoms with E-state index in [1.807, 2.05) is 24.3 Å². The van der Waals surface area contributed by atoms with Crippen LogP contribution in [0.4, 0.5) is 4.79 Å². The largest absolute Gasteiger partial charge is 0.494 e. The second kappa shape index (κ2) is 8.74. The minimum Gasteiger partial charge on any atom is -0.494 e. The summed E-state index contributed by atoms with van der Waals surface area (Å²) < 4.78 is 5.63. The fourth-order valence-corrected chi connectivity index (χ4v) is 2.82. The van der Waals surface area contributed by atoms with Crippen molar-refractivity contribution in [2.75, 3.05) is 26.2 Å². The molecule has 25 heavy (non-hydrogen) atoms. The maximum atomic E-state index is 12.1. The Hall–Kier alpha value is -2.24. The van der Waals surface area contributed by atoms with Crippen LogP contribution in [0.15, 0.2) is 24.3 Å². The molecule has 138 valence electrons. The molecule has 1 heterocycles. The van der Waals surface area contributed by atoms with Crippen LogP contribution in [0.25, 0.3) is 0 Å². The molecule has 0 aliphatic carbocycles. The van der Waals surface area contributed by atoms with Gasteiger partial charge in [0.2, 0.25) is 0 Å². The third kappa shape index (κ3) is 5.37. The molecule has 2 rings (SSSR count). The third-order valence-electron chi connectivity index (χ3n) is 4.66. The molecule has 0 aromatic heterocycles. The first-order valence-corrected chi connectivity index (χ1v) is 8.92. The summed E-state index contributed by atoms with van der Waals surface area (Å²) in [6, 6.07) is 7.72. The van der Waals surface area contributed by atoms with Crippen LogP contribution in [0.1, 0.15) is 38.7 Å². The number of carbonyl (C=O) groups is 2. The number of benzene rings is 1. The van der Waals surface area contributed by atoms with Crippen molar-refractivity contribution in [2.24, 2.45) is 5.41 Å². The lowest BCUT2D eigenvalue weighted by Crippen LogP contribution is -2.41. The Morgan fingerprint density at radius 3 is 2.64 bits per heavy atom. The minimum atomic E-state index is -0.843. The molecule has 1 atom stereocenters. The van der Waals surface area contributed by atoms with E-state index in [9.17, 15) is 14.7 Å². The van der Waals surface area contributed by atoms with E-state index in [1.54, 1.807) is 11.8 Å². The standard InChI is InChI=1S/C19H28N2O4/c1-3-4-13-25-16-7-5-15(6-8-16)9-11-20-18(24)21-12-10-19(2,14-21)17(22)23/h5-8H,3-4,9-14H2,1-2H3,(H,20,24)(H,22,23). The van der Waals surface area contributed by atoms with Crippen LogP contribution in [0, 0.1) is 5.41 Å². The van der Waals surface area contributed by atoms with E-state index < -0.39 is 11.4 Å². The van der Waals surface area contributed by atoms with Crippen molar-refractivity contribution in [3.8, 4) is 5.75 Å².